The van der Waals surface area contributed by atoms with Crippen molar-refractivity contribution in [2.45, 2.75) is 26.0 Å². The Morgan fingerprint density at radius 2 is 2.16 bits per heavy atom. The Hall–Kier alpha value is -1.39. The van der Waals surface area contributed by atoms with Crippen LogP contribution in [0.2, 0.25) is 0 Å². The van der Waals surface area contributed by atoms with Crippen LogP contribution in [0.25, 0.3) is 0 Å². The van der Waals surface area contributed by atoms with Crippen LogP contribution in [0.1, 0.15) is 18.9 Å². The smallest absolute Gasteiger partial charge is 0.302 e. The maximum Gasteiger partial charge on any atom is 0.302 e. The maximum atomic E-state index is 10.8. The minimum Gasteiger partial charge on any atom is -0.465 e. The summed E-state index contributed by atoms with van der Waals surface area (Å²) < 4.78 is 5.02. The van der Waals surface area contributed by atoms with Gasteiger partial charge in [0.25, 0.3) is 0 Å². The fourth-order valence-electron chi connectivity index (χ4n) is 2.47. The number of likely N-dealkylation sites (tertiary alicyclic amines) is 1. The van der Waals surface area contributed by atoms with Crippen LogP contribution in [0.15, 0.2) is 30.3 Å². The van der Waals surface area contributed by atoms with Gasteiger partial charge in [0, 0.05) is 32.5 Å². The summed E-state index contributed by atoms with van der Waals surface area (Å²) in [6, 6.07) is 10.3. The van der Waals surface area contributed by atoms with E-state index < -0.39 is 0 Å². The van der Waals surface area contributed by atoms with Gasteiger partial charge in [0.05, 0.1) is 12.7 Å². The first-order valence-electron chi connectivity index (χ1n) is 6.73. The summed E-state index contributed by atoms with van der Waals surface area (Å²) in [6.45, 7) is 4.23. The van der Waals surface area contributed by atoms with Gasteiger partial charge in [0.15, 0.2) is 0 Å². The molecule has 0 spiro atoms. The number of piperidine rings is 1. The number of rotatable bonds is 4. The van der Waals surface area contributed by atoms with Crippen LogP contribution in [0.5, 0.6) is 0 Å². The van der Waals surface area contributed by atoms with E-state index in [9.17, 15) is 9.90 Å². The van der Waals surface area contributed by atoms with Gasteiger partial charge >= 0.3 is 5.97 Å². The first-order valence-corrected chi connectivity index (χ1v) is 6.73. The lowest BCUT2D eigenvalue weighted by atomic mass is 9.95. The Morgan fingerprint density at radius 3 is 2.84 bits per heavy atom. The fourth-order valence-corrected chi connectivity index (χ4v) is 2.47. The highest BCUT2D eigenvalue weighted by atomic mass is 16.5. The molecule has 0 unspecified atom stereocenters. The third kappa shape index (κ3) is 4.33. The zero-order valence-corrected chi connectivity index (χ0v) is 11.3. The molecule has 104 valence electrons. The summed E-state index contributed by atoms with van der Waals surface area (Å²) in [6.07, 6.45) is 0.366. The predicted octanol–water partition coefficient (Wildman–Crippen LogP) is 1.43. The number of benzene rings is 1. The van der Waals surface area contributed by atoms with Gasteiger partial charge in [0.1, 0.15) is 0 Å². The molecule has 0 amide bonds. The van der Waals surface area contributed by atoms with Crippen LogP contribution in [0.3, 0.4) is 0 Å². The van der Waals surface area contributed by atoms with Gasteiger partial charge in [-0.25, -0.2) is 0 Å². The van der Waals surface area contributed by atoms with Crippen LogP contribution in [0, 0.1) is 5.92 Å². The van der Waals surface area contributed by atoms with Crippen molar-refractivity contribution in [1.82, 2.24) is 4.90 Å². The predicted molar refractivity (Wildman–Crippen MR) is 72.5 cm³/mol. The first kappa shape index (κ1) is 14.0. The van der Waals surface area contributed by atoms with Crippen molar-refractivity contribution in [3.05, 3.63) is 35.9 Å². The highest BCUT2D eigenvalue weighted by molar-refractivity contribution is 5.65. The highest BCUT2D eigenvalue weighted by Crippen LogP contribution is 2.19. The molecule has 1 N–H and O–H groups in total. The molecule has 1 aromatic carbocycles. The number of esters is 1. The molecule has 4 nitrogen and oxygen atoms in total. The molecular weight excluding hydrogens is 242 g/mol. The Labute approximate surface area is 114 Å². The molecule has 1 heterocycles. The minimum absolute atomic E-state index is 0.0152. The molecule has 0 aromatic heterocycles. The number of aliphatic hydroxyl groups is 1. The zero-order valence-electron chi connectivity index (χ0n) is 11.3. The second-order valence-corrected chi connectivity index (χ2v) is 5.14. The van der Waals surface area contributed by atoms with Crippen molar-refractivity contribution in [3.63, 3.8) is 0 Å². The van der Waals surface area contributed by atoms with Crippen molar-refractivity contribution in [2.75, 3.05) is 19.7 Å². The SMILES string of the molecule is CC(=O)OC[C@H]1CN(Cc2ccccc2)CC[C@@H]1O. The molecule has 4 heteroatoms. The van der Waals surface area contributed by atoms with E-state index in [0.29, 0.717) is 6.61 Å². The molecule has 0 radical (unpaired) electrons. The Balaban J connectivity index is 1.88. The Bertz CT molecular complexity index is 407. The van der Waals surface area contributed by atoms with E-state index in [-0.39, 0.29) is 18.0 Å². The minimum atomic E-state index is -0.369. The summed E-state index contributed by atoms with van der Waals surface area (Å²) in [5.41, 5.74) is 1.27. The van der Waals surface area contributed by atoms with E-state index in [1.165, 1.54) is 12.5 Å². The van der Waals surface area contributed by atoms with E-state index in [1.807, 2.05) is 18.2 Å². The van der Waals surface area contributed by atoms with Crippen molar-refractivity contribution in [3.8, 4) is 0 Å². The molecule has 2 rings (SSSR count). The number of ether oxygens (including phenoxy) is 1. The molecule has 1 aliphatic rings. The van der Waals surface area contributed by atoms with Crippen LogP contribution < -0.4 is 0 Å². The lowest BCUT2D eigenvalue weighted by Gasteiger charge is -2.35. The lowest BCUT2D eigenvalue weighted by molar-refractivity contribution is -0.144. The number of carbonyl (C=O) groups excluding carboxylic acids is 1. The summed E-state index contributed by atoms with van der Waals surface area (Å²) in [5, 5.41) is 9.95. The summed E-state index contributed by atoms with van der Waals surface area (Å²) in [5.74, 6) is -0.270. The maximum absolute atomic E-state index is 10.8. The fraction of sp³-hybridized carbons (Fsp3) is 0.533. The van der Waals surface area contributed by atoms with E-state index in [2.05, 4.69) is 17.0 Å². The molecule has 0 aliphatic carbocycles. The molecule has 2 atom stereocenters. The van der Waals surface area contributed by atoms with E-state index >= 15 is 0 Å². The summed E-state index contributed by atoms with van der Waals surface area (Å²) in [4.78, 5) is 13.1. The summed E-state index contributed by atoms with van der Waals surface area (Å²) in [7, 11) is 0. The van der Waals surface area contributed by atoms with E-state index in [4.69, 9.17) is 4.74 Å². The first-order chi connectivity index (χ1) is 9.15. The number of hydrogen-bond acceptors (Lipinski definition) is 4. The third-order valence-corrected chi connectivity index (χ3v) is 3.53. The second-order valence-electron chi connectivity index (χ2n) is 5.14. The van der Waals surface area contributed by atoms with Crippen molar-refractivity contribution >= 4 is 5.97 Å². The van der Waals surface area contributed by atoms with Crippen molar-refractivity contribution in [2.24, 2.45) is 5.92 Å². The van der Waals surface area contributed by atoms with Crippen LogP contribution in [-0.4, -0.2) is 41.8 Å². The number of carbonyl (C=O) groups is 1. The Kier molecular flexibility index (Phi) is 4.93. The highest BCUT2D eigenvalue weighted by Gasteiger charge is 2.28. The van der Waals surface area contributed by atoms with Gasteiger partial charge in [-0.15, -0.1) is 0 Å². The third-order valence-electron chi connectivity index (χ3n) is 3.53. The topological polar surface area (TPSA) is 49.8 Å². The molecular formula is C15H21NO3. The van der Waals surface area contributed by atoms with Crippen molar-refractivity contribution in [1.29, 1.82) is 0 Å². The molecule has 0 saturated carbocycles. The monoisotopic (exact) mass is 263 g/mol. The van der Waals surface area contributed by atoms with Gasteiger partial charge in [-0.1, -0.05) is 30.3 Å². The number of aliphatic hydroxyl groups excluding tert-OH is 1. The van der Waals surface area contributed by atoms with E-state index in [1.54, 1.807) is 0 Å². The van der Waals surface area contributed by atoms with Crippen LogP contribution >= 0.6 is 0 Å². The largest absolute Gasteiger partial charge is 0.465 e. The molecule has 1 aliphatic heterocycles. The normalized spacial score (nSPS) is 24.1. The zero-order chi connectivity index (χ0) is 13.7. The second kappa shape index (κ2) is 6.68. The van der Waals surface area contributed by atoms with Crippen LogP contribution in [0.4, 0.5) is 0 Å². The average Bonchev–Trinajstić information content (AvgIpc) is 2.40. The standard InChI is InChI=1S/C15H21NO3/c1-12(17)19-11-14-10-16(8-7-15(14)18)9-13-5-3-2-4-6-13/h2-6,14-15,18H,7-11H2,1H3/t14-,15+/m1/s1. The average molecular weight is 263 g/mol. The lowest BCUT2D eigenvalue weighted by Crippen LogP contribution is -2.44. The van der Waals surface area contributed by atoms with Crippen LogP contribution in [-0.2, 0) is 16.1 Å². The van der Waals surface area contributed by atoms with Crippen molar-refractivity contribution < 1.29 is 14.6 Å². The number of nitrogens with zero attached hydrogens (tertiary/aromatic N) is 1. The molecule has 1 aromatic rings. The Morgan fingerprint density at radius 1 is 1.42 bits per heavy atom. The van der Waals surface area contributed by atoms with E-state index in [0.717, 1.165) is 26.1 Å². The molecule has 0 bridgehead atoms. The quantitative estimate of drug-likeness (QED) is 0.835. The molecule has 19 heavy (non-hydrogen) atoms. The van der Waals surface area contributed by atoms with Gasteiger partial charge in [-0.2, -0.15) is 0 Å². The summed E-state index contributed by atoms with van der Waals surface area (Å²) >= 11 is 0. The van der Waals surface area contributed by atoms with Gasteiger partial charge in [-0.05, 0) is 12.0 Å². The van der Waals surface area contributed by atoms with Gasteiger partial charge in [0.2, 0.25) is 0 Å². The molecule has 1 fully saturated rings. The number of hydrogen-bond donors (Lipinski definition) is 1. The van der Waals surface area contributed by atoms with Gasteiger partial charge < -0.3 is 9.84 Å². The van der Waals surface area contributed by atoms with Gasteiger partial charge in [-0.3, -0.25) is 9.69 Å². The molecule has 1 saturated heterocycles.